The van der Waals surface area contributed by atoms with Crippen LogP contribution >= 0.6 is 0 Å². The van der Waals surface area contributed by atoms with Gasteiger partial charge >= 0.3 is 0 Å². The summed E-state index contributed by atoms with van der Waals surface area (Å²) in [5.41, 5.74) is -0.557. The summed E-state index contributed by atoms with van der Waals surface area (Å²) in [6.45, 7) is 11.1. The number of hydrogen-bond donors (Lipinski definition) is 2. The van der Waals surface area contributed by atoms with Crippen LogP contribution in [0.4, 0.5) is 0 Å². The molecule has 0 spiro atoms. The van der Waals surface area contributed by atoms with Crippen molar-refractivity contribution in [2.24, 2.45) is 0 Å². The molecule has 4 nitrogen and oxygen atoms in total. The predicted octanol–water partition coefficient (Wildman–Crippen LogP) is 1.76. The standard InChI is InChI=1S/C13H24N2O2/c1-10(16)14-13(5,6)9-7-8-11(17)15-12(2,3)4/h7-8H,9H2,1-6H3,(H,14,16)(H,15,17). The Kier molecular flexibility index (Phi) is 5.39. The Balaban J connectivity index is 4.19. The minimum atomic E-state index is -0.329. The minimum Gasteiger partial charge on any atom is -0.351 e. The maximum absolute atomic E-state index is 11.5. The van der Waals surface area contributed by atoms with E-state index in [1.165, 1.54) is 13.0 Å². The number of nitrogens with one attached hydrogen (secondary N) is 2. The summed E-state index contributed by atoms with van der Waals surface area (Å²) in [6, 6.07) is 0. The molecule has 0 fully saturated rings. The van der Waals surface area contributed by atoms with Crippen molar-refractivity contribution in [1.82, 2.24) is 10.6 Å². The van der Waals surface area contributed by atoms with Gasteiger partial charge in [0.2, 0.25) is 11.8 Å². The molecular formula is C13H24N2O2. The van der Waals surface area contributed by atoms with E-state index in [0.29, 0.717) is 6.42 Å². The Bertz CT molecular complexity index is 312. The first-order chi connectivity index (χ1) is 7.52. The molecule has 0 saturated heterocycles. The Morgan fingerprint density at radius 2 is 1.59 bits per heavy atom. The van der Waals surface area contributed by atoms with E-state index in [1.807, 2.05) is 34.6 Å². The minimum absolute atomic E-state index is 0.0671. The van der Waals surface area contributed by atoms with Crippen molar-refractivity contribution in [2.75, 3.05) is 0 Å². The molecule has 0 aromatic carbocycles. The fraction of sp³-hybridized carbons (Fsp3) is 0.692. The van der Waals surface area contributed by atoms with Crippen molar-refractivity contribution < 1.29 is 9.59 Å². The summed E-state index contributed by atoms with van der Waals surface area (Å²) in [6.07, 6.45) is 3.90. The van der Waals surface area contributed by atoms with Crippen molar-refractivity contribution >= 4 is 11.8 Å². The number of carbonyl (C=O) groups is 2. The van der Waals surface area contributed by atoms with Gasteiger partial charge in [-0.05, 0) is 47.1 Å². The van der Waals surface area contributed by atoms with Crippen molar-refractivity contribution in [3.8, 4) is 0 Å². The zero-order valence-electron chi connectivity index (χ0n) is 11.7. The quantitative estimate of drug-likeness (QED) is 0.736. The van der Waals surface area contributed by atoms with Crippen LogP contribution in [0.1, 0.15) is 48.0 Å². The van der Waals surface area contributed by atoms with Gasteiger partial charge in [0.05, 0.1) is 0 Å². The Labute approximate surface area is 104 Å². The van der Waals surface area contributed by atoms with Crippen LogP contribution in [-0.4, -0.2) is 22.9 Å². The van der Waals surface area contributed by atoms with Gasteiger partial charge in [-0.3, -0.25) is 9.59 Å². The van der Waals surface area contributed by atoms with E-state index in [4.69, 9.17) is 0 Å². The van der Waals surface area contributed by atoms with Gasteiger partial charge < -0.3 is 10.6 Å². The molecule has 4 heteroatoms. The van der Waals surface area contributed by atoms with Gasteiger partial charge in [0.1, 0.15) is 0 Å². The molecule has 0 bridgehead atoms. The van der Waals surface area contributed by atoms with Crippen LogP contribution in [-0.2, 0) is 9.59 Å². The summed E-state index contributed by atoms with van der Waals surface area (Å²) in [5, 5.41) is 5.65. The van der Waals surface area contributed by atoms with Gasteiger partial charge in [-0.15, -0.1) is 0 Å². The highest BCUT2D eigenvalue weighted by molar-refractivity contribution is 5.88. The molecule has 0 saturated carbocycles. The van der Waals surface area contributed by atoms with Crippen molar-refractivity contribution in [3.63, 3.8) is 0 Å². The Morgan fingerprint density at radius 3 is 2.00 bits per heavy atom. The van der Waals surface area contributed by atoms with Gasteiger partial charge in [-0.2, -0.15) is 0 Å². The van der Waals surface area contributed by atoms with Crippen molar-refractivity contribution in [3.05, 3.63) is 12.2 Å². The maximum Gasteiger partial charge on any atom is 0.244 e. The van der Waals surface area contributed by atoms with E-state index < -0.39 is 0 Å². The molecule has 0 heterocycles. The van der Waals surface area contributed by atoms with Gasteiger partial charge in [-0.1, -0.05) is 6.08 Å². The van der Waals surface area contributed by atoms with Crippen LogP contribution in [0.15, 0.2) is 12.2 Å². The van der Waals surface area contributed by atoms with E-state index in [-0.39, 0.29) is 22.9 Å². The van der Waals surface area contributed by atoms with Crippen LogP contribution in [0.25, 0.3) is 0 Å². The molecule has 0 aromatic heterocycles. The van der Waals surface area contributed by atoms with E-state index in [2.05, 4.69) is 10.6 Å². The molecule has 0 atom stereocenters. The van der Waals surface area contributed by atoms with Gasteiger partial charge in [0, 0.05) is 18.0 Å². The zero-order chi connectivity index (χ0) is 13.7. The maximum atomic E-state index is 11.5. The SMILES string of the molecule is CC(=O)NC(C)(C)CC=CC(=O)NC(C)(C)C. The van der Waals surface area contributed by atoms with E-state index in [9.17, 15) is 9.59 Å². The molecular weight excluding hydrogens is 216 g/mol. The fourth-order valence-electron chi connectivity index (χ4n) is 1.40. The molecule has 0 aliphatic carbocycles. The van der Waals surface area contributed by atoms with Crippen LogP contribution in [0.3, 0.4) is 0 Å². The summed E-state index contributed by atoms with van der Waals surface area (Å²) in [4.78, 5) is 22.4. The summed E-state index contributed by atoms with van der Waals surface area (Å²) in [5.74, 6) is -0.182. The molecule has 17 heavy (non-hydrogen) atoms. The van der Waals surface area contributed by atoms with Gasteiger partial charge in [-0.25, -0.2) is 0 Å². The number of carbonyl (C=O) groups excluding carboxylic acids is 2. The van der Waals surface area contributed by atoms with Crippen LogP contribution in [0, 0.1) is 0 Å². The third-order valence-corrected chi connectivity index (χ3v) is 1.91. The molecule has 98 valence electrons. The second-order valence-electron chi connectivity index (χ2n) is 5.91. The molecule has 0 aliphatic rings. The van der Waals surface area contributed by atoms with E-state index in [0.717, 1.165) is 0 Å². The summed E-state index contributed by atoms with van der Waals surface area (Å²) < 4.78 is 0. The van der Waals surface area contributed by atoms with E-state index >= 15 is 0 Å². The molecule has 0 aliphatic heterocycles. The summed E-state index contributed by atoms with van der Waals surface area (Å²) in [7, 11) is 0. The largest absolute Gasteiger partial charge is 0.351 e. The van der Waals surface area contributed by atoms with Gasteiger partial charge in [0.15, 0.2) is 0 Å². The molecule has 2 N–H and O–H groups in total. The zero-order valence-corrected chi connectivity index (χ0v) is 11.7. The van der Waals surface area contributed by atoms with Crippen molar-refractivity contribution in [1.29, 1.82) is 0 Å². The van der Waals surface area contributed by atoms with E-state index in [1.54, 1.807) is 6.08 Å². The lowest BCUT2D eigenvalue weighted by atomic mass is 10.0. The number of rotatable bonds is 4. The second kappa shape index (κ2) is 5.84. The Hall–Kier alpha value is -1.32. The molecule has 0 aromatic rings. The van der Waals surface area contributed by atoms with Crippen molar-refractivity contribution in [2.45, 2.75) is 59.0 Å². The summed E-state index contributed by atoms with van der Waals surface area (Å²) >= 11 is 0. The topological polar surface area (TPSA) is 58.2 Å². The number of hydrogen-bond acceptors (Lipinski definition) is 2. The first kappa shape index (κ1) is 15.7. The highest BCUT2D eigenvalue weighted by Gasteiger charge is 2.17. The smallest absolute Gasteiger partial charge is 0.244 e. The van der Waals surface area contributed by atoms with Crippen LogP contribution in [0.2, 0.25) is 0 Å². The normalized spacial score (nSPS) is 12.6. The lowest BCUT2D eigenvalue weighted by Crippen LogP contribution is -2.42. The first-order valence-corrected chi connectivity index (χ1v) is 5.79. The molecule has 0 rings (SSSR count). The number of amides is 2. The third-order valence-electron chi connectivity index (χ3n) is 1.91. The van der Waals surface area contributed by atoms with Crippen LogP contribution in [0.5, 0.6) is 0 Å². The van der Waals surface area contributed by atoms with Gasteiger partial charge in [0.25, 0.3) is 0 Å². The fourth-order valence-corrected chi connectivity index (χ4v) is 1.40. The molecule has 0 radical (unpaired) electrons. The monoisotopic (exact) mass is 240 g/mol. The highest BCUT2D eigenvalue weighted by Crippen LogP contribution is 2.08. The lowest BCUT2D eigenvalue weighted by molar-refractivity contribution is -0.120. The van der Waals surface area contributed by atoms with Crippen LogP contribution < -0.4 is 10.6 Å². The lowest BCUT2D eigenvalue weighted by Gasteiger charge is -2.24. The third kappa shape index (κ3) is 9.60. The molecule has 2 amide bonds. The average molecular weight is 240 g/mol. The first-order valence-electron chi connectivity index (χ1n) is 5.79. The second-order valence-corrected chi connectivity index (χ2v) is 5.91. The highest BCUT2D eigenvalue weighted by atomic mass is 16.2. The Morgan fingerprint density at radius 1 is 1.06 bits per heavy atom. The molecule has 0 unspecified atom stereocenters. The average Bonchev–Trinajstić information content (AvgIpc) is 1.95. The predicted molar refractivity (Wildman–Crippen MR) is 69.5 cm³/mol.